The monoisotopic (exact) mass is 579 g/mol. The smallest absolute Gasteiger partial charge is 0.214 e. The summed E-state index contributed by atoms with van der Waals surface area (Å²) in [6, 6.07) is 11.2. The molecule has 0 bridgehead atoms. The van der Waals surface area contributed by atoms with E-state index in [1.54, 1.807) is 73.7 Å². The lowest BCUT2D eigenvalue weighted by Crippen LogP contribution is -1.95. The fraction of sp³-hybridized carbons (Fsp3) is 0.107. The van der Waals surface area contributed by atoms with Gasteiger partial charge >= 0.3 is 0 Å². The number of aromatic nitrogens is 5. The van der Waals surface area contributed by atoms with Gasteiger partial charge in [0.2, 0.25) is 5.95 Å². The molecule has 5 aromatic heterocycles. The predicted octanol–water partition coefficient (Wildman–Crippen LogP) is 3.04. The van der Waals surface area contributed by atoms with E-state index in [0.29, 0.717) is 40.4 Å². The molecule has 0 aromatic carbocycles. The van der Waals surface area contributed by atoms with Crippen molar-refractivity contribution in [2.24, 2.45) is 0 Å². The third-order valence-electron chi connectivity index (χ3n) is 4.76. The Bertz CT molecular complexity index is 1390. The minimum absolute atomic E-state index is 0.0420. The Balaban J connectivity index is 0.000000264. The first-order valence-electron chi connectivity index (χ1n) is 12.2. The number of nitrogens with two attached hydrogens (primary N) is 6. The highest BCUT2D eigenvalue weighted by molar-refractivity contribution is 5.60. The van der Waals surface area contributed by atoms with Crippen molar-refractivity contribution in [2.75, 3.05) is 41.1 Å². The lowest BCUT2D eigenvalue weighted by atomic mass is 10.2. The third-order valence-corrected chi connectivity index (χ3v) is 4.76. The molecule has 0 unspecified atom stereocenters. The van der Waals surface area contributed by atoms with E-state index < -0.39 is 5.95 Å². The van der Waals surface area contributed by atoms with Crippen LogP contribution < -0.4 is 34.4 Å². The van der Waals surface area contributed by atoms with Crippen LogP contribution in [-0.2, 0) is 13.0 Å². The van der Waals surface area contributed by atoms with Gasteiger partial charge in [-0.25, -0.2) is 4.98 Å². The van der Waals surface area contributed by atoms with Gasteiger partial charge in [0.05, 0.1) is 30.9 Å². The highest BCUT2D eigenvalue weighted by Gasteiger charge is 1.96. The van der Waals surface area contributed by atoms with Crippen LogP contribution in [0.25, 0.3) is 0 Å². The predicted molar refractivity (Wildman–Crippen MR) is 163 cm³/mol. The van der Waals surface area contributed by atoms with Gasteiger partial charge in [-0.2, -0.15) is 4.39 Å². The number of halogens is 2. The molecule has 0 saturated carbocycles. The fourth-order valence-electron chi connectivity index (χ4n) is 2.52. The Kier molecular flexibility index (Phi) is 16.6. The van der Waals surface area contributed by atoms with Crippen LogP contribution in [0.4, 0.5) is 42.9 Å². The summed E-state index contributed by atoms with van der Waals surface area (Å²) in [5, 5.41) is 8.60. The molecule has 42 heavy (non-hydrogen) atoms. The van der Waals surface area contributed by atoms with E-state index in [9.17, 15) is 8.78 Å². The molecule has 0 atom stereocenters. The van der Waals surface area contributed by atoms with Gasteiger partial charge < -0.3 is 39.5 Å². The van der Waals surface area contributed by atoms with Crippen molar-refractivity contribution < 1.29 is 13.9 Å². The molecule has 0 saturated heterocycles. The van der Waals surface area contributed by atoms with Crippen molar-refractivity contribution >= 4 is 34.1 Å². The minimum atomic E-state index is -0.537. The van der Waals surface area contributed by atoms with Gasteiger partial charge in [0, 0.05) is 90.4 Å². The molecular formula is C28H35F2N11O. The molecule has 5 aromatic rings. The van der Waals surface area contributed by atoms with Crippen LogP contribution in [0.3, 0.4) is 0 Å². The molecule has 222 valence electrons. The molecule has 12 nitrogen and oxygen atoms in total. The summed E-state index contributed by atoms with van der Waals surface area (Å²) in [4.78, 5) is 18.4. The van der Waals surface area contributed by atoms with Crippen LogP contribution in [0.15, 0.2) is 98.2 Å². The van der Waals surface area contributed by atoms with Gasteiger partial charge in [0.15, 0.2) is 0 Å². The molecule has 5 rings (SSSR count). The Morgan fingerprint density at radius 2 is 1.07 bits per heavy atom. The molecule has 0 aliphatic carbocycles. The standard InChI is InChI=1S/C7H9FN2.C6H8N2O.C5H5FN2.C5H7N3.C5H6N2/c8-3-1-6-5-10-4-2-7(6)9;7-6-1-2-8-3-5(6)4-9;6-5-3-4(7)1-2-8-5;6-4-1-2-8-3-5(4)7;6-5-1-3-7-4-2-5/h2,4-5H,1,3H2,(H2,9,10);1-3,9H,4H2,(H2,7,8);1-3H,(H2,7,8);1-3H,7H2,(H2,6,8);1-4H,(H2,6,7). The van der Waals surface area contributed by atoms with Crippen molar-refractivity contribution in [3.8, 4) is 0 Å². The lowest BCUT2D eigenvalue weighted by Gasteiger charge is -1.99. The second kappa shape index (κ2) is 20.3. The molecule has 0 spiro atoms. The van der Waals surface area contributed by atoms with Crippen LogP contribution in [0.5, 0.6) is 0 Å². The largest absolute Gasteiger partial charge is 0.399 e. The number of anilines is 6. The van der Waals surface area contributed by atoms with E-state index in [1.165, 1.54) is 24.5 Å². The third kappa shape index (κ3) is 15.1. The first-order valence-corrected chi connectivity index (χ1v) is 12.2. The normalized spacial score (nSPS) is 9.21. The number of hydrogen-bond donors (Lipinski definition) is 7. The summed E-state index contributed by atoms with van der Waals surface area (Å²) in [7, 11) is 0. The molecule has 14 heteroatoms. The number of aliphatic hydroxyl groups excluding tert-OH is 1. The van der Waals surface area contributed by atoms with Crippen LogP contribution in [0.1, 0.15) is 11.1 Å². The molecule has 0 aliphatic heterocycles. The number of aryl methyl sites for hydroxylation is 1. The average Bonchev–Trinajstić information content (AvgIpc) is 2.98. The number of hydrogen-bond acceptors (Lipinski definition) is 12. The van der Waals surface area contributed by atoms with E-state index in [0.717, 1.165) is 11.3 Å². The summed E-state index contributed by atoms with van der Waals surface area (Å²) in [5.74, 6) is -0.537. The molecular weight excluding hydrogens is 544 g/mol. The van der Waals surface area contributed by atoms with Crippen molar-refractivity contribution in [1.29, 1.82) is 0 Å². The zero-order valence-corrected chi connectivity index (χ0v) is 22.8. The number of rotatable bonds is 3. The molecule has 5 heterocycles. The van der Waals surface area contributed by atoms with Gasteiger partial charge in [0.25, 0.3) is 0 Å². The number of nitrogen functional groups attached to an aromatic ring is 6. The van der Waals surface area contributed by atoms with Crippen LogP contribution in [0.2, 0.25) is 0 Å². The van der Waals surface area contributed by atoms with Crippen molar-refractivity contribution in [3.63, 3.8) is 0 Å². The highest BCUT2D eigenvalue weighted by Crippen LogP contribution is 2.09. The number of alkyl halides is 1. The number of pyridine rings is 5. The molecule has 13 N–H and O–H groups in total. The molecule has 0 fully saturated rings. The molecule has 0 aliphatic rings. The van der Waals surface area contributed by atoms with Crippen molar-refractivity contribution in [1.82, 2.24) is 24.9 Å². The maximum absolute atomic E-state index is 12.0. The lowest BCUT2D eigenvalue weighted by molar-refractivity contribution is 0.282. The molecule has 0 amide bonds. The Labute approximate surface area is 242 Å². The first kappa shape index (κ1) is 34.4. The maximum atomic E-state index is 12.0. The van der Waals surface area contributed by atoms with Gasteiger partial charge in [-0.1, -0.05) is 0 Å². The topological polar surface area (TPSA) is 241 Å². The highest BCUT2D eigenvalue weighted by atomic mass is 19.1. The average molecular weight is 580 g/mol. The fourth-order valence-corrected chi connectivity index (χ4v) is 2.52. The summed E-state index contributed by atoms with van der Waals surface area (Å²) in [6.45, 7) is -0.421. The quantitative estimate of drug-likeness (QED) is 0.153. The van der Waals surface area contributed by atoms with E-state index in [1.807, 2.05) is 0 Å². The number of aliphatic hydroxyl groups is 1. The Morgan fingerprint density at radius 3 is 1.40 bits per heavy atom. The van der Waals surface area contributed by atoms with E-state index >= 15 is 0 Å². The zero-order chi connectivity index (χ0) is 31.2. The maximum Gasteiger partial charge on any atom is 0.214 e. The van der Waals surface area contributed by atoms with E-state index in [2.05, 4.69) is 24.9 Å². The summed E-state index contributed by atoms with van der Waals surface area (Å²) < 4.78 is 23.8. The van der Waals surface area contributed by atoms with Gasteiger partial charge in [-0.05, 0) is 42.0 Å². The second-order valence-electron chi connectivity index (χ2n) is 7.94. The van der Waals surface area contributed by atoms with Crippen molar-refractivity contribution in [3.05, 3.63) is 115 Å². The van der Waals surface area contributed by atoms with E-state index in [-0.39, 0.29) is 13.3 Å². The van der Waals surface area contributed by atoms with Gasteiger partial charge in [0.1, 0.15) is 0 Å². The number of nitrogens with zero attached hydrogens (tertiary/aromatic N) is 5. The van der Waals surface area contributed by atoms with E-state index in [4.69, 9.17) is 39.5 Å². The summed E-state index contributed by atoms with van der Waals surface area (Å²) >= 11 is 0. The van der Waals surface area contributed by atoms with Gasteiger partial charge in [-0.3, -0.25) is 24.3 Å². The second-order valence-corrected chi connectivity index (χ2v) is 7.94. The van der Waals surface area contributed by atoms with Crippen LogP contribution in [-0.4, -0.2) is 36.7 Å². The minimum Gasteiger partial charge on any atom is -0.399 e. The van der Waals surface area contributed by atoms with Crippen molar-refractivity contribution in [2.45, 2.75) is 13.0 Å². The molecule has 0 radical (unpaired) electrons. The summed E-state index contributed by atoms with van der Waals surface area (Å²) in [6.07, 6.45) is 14.5. The van der Waals surface area contributed by atoms with Crippen LogP contribution in [0, 0.1) is 5.95 Å². The Hall–Kier alpha value is -5.63. The first-order chi connectivity index (χ1) is 20.2. The zero-order valence-electron chi connectivity index (χ0n) is 22.8. The summed E-state index contributed by atoms with van der Waals surface area (Å²) in [5.41, 5.74) is 37.1. The Morgan fingerprint density at radius 1 is 0.571 bits per heavy atom. The van der Waals surface area contributed by atoms with Crippen LogP contribution >= 0.6 is 0 Å². The van der Waals surface area contributed by atoms with Gasteiger partial charge in [-0.15, -0.1) is 0 Å². The SMILES string of the molecule is Nc1ccnc(F)c1.Nc1ccncc1.Nc1ccncc1CCF.Nc1ccncc1CO.Nc1ccncc1N.